The van der Waals surface area contributed by atoms with E-state index in [1.807, 2.05) is 134 Å². The maximum atomic E-state index is 12.1. The number of allylic oxidation sites excluding steroid dienone is 5. The fraction of sp³-hybridized carbons (Fsp3) is 0.0167. The second kappa shape index (κ2) is 20.9. The zero-order valence-electron chi connectivity index (χ0n) is 38.7. The molecule has 9 aromatic rings. The number of nitrogens with one attached hydrogen (secondary N) is 1. The predicted octanol–water partition coefficient (Wildman–Crippen LogP) is 11.1. The van der Waals surface area contributed by atoms with Crippen molar-refractivity contribution in [3.63, 3.8) is 0 Å². The first-order chi connectivity index (χ1) is 35.4. The standard InChI is InChI=1S/C60H46N6O4S2/c67-71-36-6-18-59(71)43-61-49-8-1-10-51(38-49)63-28-20-45(21-29-63)47-24-32-65(33-25-47)53-12-3-14-55(40-53)69-57-16-5-17-58(42-57)70-56-15-4-13-54(41-56)66-34-26-48(27-35-66)46-22-30-64(31-23-46)52-11-2-9-50(39-52)62-44-60-19-7-37-72(60)68/h1-43,62H,44H2/q+4. The van der Waals surface area contributed by atoms with Gasteiger partial charge in [0.15, 0.2) is 49.6 Å². The fourth-order valence-electron chi connectivity index (χ4n) is 8.24. The molecule has 10 nitrogen and oxygen atoms in total. The Bertz CT molecular complexity index is 3670. The lowest BCUT2D eigenvalue weighted by atomic mass is 10.1. The summed E-state index contributed by atoms with van der Waals surface area (Å²) in [4.78, 5) is 6.10. The van der Waals surface area contributed by atoms with Crippen LogP contribution in [0.25, 0.3) is 45.0 Å². The van der Waals surface area contributed by atoms with E-state index < -0.39 is 21.6 Å². The molecule has 0 bridgehead atoms. The molecule has 0 fully saturated rings. The average Bonchev–Trinajstić information content (AvgIpc) is 4.06. The average molecular weight is 979 g/mol. The molecule has 2 aliphatic rings. The van der Waals surface area contributed by atoms with Crippen LogP contribution in [0.1, 0.15) is 0 Å². The van der Waals surface area contributed by atoms with E-state index in [1.165, 1.54) is 0 Å². The van der Waals surface area contributed by atoms with Crippen LogP contribution in [-0.2, 0) is 21.6 Å². The number of ether oxygens (including phenoxy) is 2. The summed E-state index contributed by atoms with van der Waals surface area (Å²) < 4.78 is 45.1. The van der Waals surface area contributed by atoms with Crippen LogP contribution < -0.4 is 33.1 Å². The number of anilines is 1. The largest absolute Gasteiger partial charge is 0.457 e. The SMILES string of the molecule is O=S1C=CC=C1C=Nc1cccc(-[n+]2ccc(-c3cc[n+](-c4cccc(Oc5cccc(Oc6cccc(-[n+]7ccc(-c8cc[n+](-c9cccc(NCC%10=CC=CS%10=O)c9)cc8)cc7)c6)c5)c4)cc3)cc2)c1. The topological polar surface area (TPSA) is 92.5 Å². The summed E-state index contributed by atoms with van der Waals surface area (Å²) in [5, 5.41) is 6.75. The van der Waals surface area contributed by atoms with Gasteiger partial charge < -0.3 is 14.8 Å². The molecule has 72 heavy (non-hydrogen) atoms. The molecule has 5 aromatic carbocycles. The lowest BCUT2D eigenvalue weighted by molar-refractivity contribution is -0.596. The number of nitrogens with zero attached hydrogens (tertiary/aromatic N) is 5. The van der Waals surface area contributed by atoms with Gasteiger partial charge in [-0.2, -0.15) is 18.3 Å². The Morgan fingerprint density at radius 2 is 0.861 bits per heavy atom. The molecule has 0 saturated heterocycles. The van der Waals surface area contributed by atoms with Gasteiger partial charge in [-0.1, -0.05) is 42.5 Å². The Hall–Kier alpha value is -8.97. The number of benzene rings is 5. The van der Waals surface area contributed by atoms with Crippen molar-refractivity contribution in [3.8, 4) is 68.0 Å². The lowest BCUT2D eigenvalue weighted by Crippen LogP contribution is -2.29. The van der Waals surface area contributed by atoms with Crippen molar-refractivity contribution >= 4 is 39.2 Å². The Morgan fingerprint density at radius 1 is 0.444 bits per heavy atom. The Balaban J connectivity index is 0.699. The van der Waals surface area contributed by atoms with Gasteiger partial charge in [-0.25, -0.2) is 8.42 Å². The Morgan fingerprint density at radius 3 is 1.33 bits per heavy atom. The molecule has 1 N–H and O–H groups in total. The molecule has 6 heterocycles. The molecule has 2 aliphatic heterocycles. The maximum Gasteiger partial charge on any atom is 0.214 e. The van der Waals surface area contributed by atoms with Crippen LogP contribution in [0.3, 0.4) is 0 Å². The van der Waals surface area contributed by atoms with Gasteiger partial charge in [0.25, 0.3) is 0 Å². The van der Waals surface area contributed by atoms with Crippen LogP contribution >= 0.6 is 0 Å². The number of aromatic nitrogens is 4. The second-order valence-electron chi connectivity index (χ2n) is 16.8. The van der Waals surface area contributed by atoms with Crippen LogP contribution in [0.2, 0.25) is 0 Å². The van der Waals surface area contributed by atoms with Gasteiger partial charge in [0, 0.05) is 125 Å². The third-order valence-electron chi connectivity index (χ3n) is 12.0. The minimum atomic E-state index is -1.13. The number of hydrogen-bond donors (Lipinski definition) is 1. The van der Waals surface area contributed by atoms with Crippen LogP contribution in [0.5, 0.6) is 23.0 Å². The van der Waals surface area contributed by atoms with Gasteiger partial charge in [0.1, 0.15) is 23.0 Å². The van der Waals surface area contributed by atoms with E-state index in [0.29, 0.717) is 34.4 Å². The van der Waals surface area contributed by atoms with Gasteiger partial charge in [-0.05, 0) is 70.8 Å². The van der Waals surface area contributed by atoms with E-state index in [9.17, 15) is 8.42 Å². The van der Waals surface area contributed by atoms with Crippen LogP contribution in [0.4, 0.5) is 11.4 Å². The highest BCUT2D eigenvalue weighted by Crippen LogP contribution is 2.30. The monoisotopic (exact) mass is 978 g/mol. The lowest BCUT2D eigenvalue weighted by Gasteiger charge is -2.10. The van der Waals surface area contributed by atoms with Crippen molar-refractivity contribution in [2.45, 2.75) is 0 Å². The summed E-state index contributed by atoms with van der Waals surface area (Å²) in [5.41, 5.74) is 10.1. The summed E-state index contributed by atoms with van der Waals surface area (Å²) in [6.07, 6.45) is 25.4. The Kier molecular flexibility index (Phi) is 13.2. The number of rotatable bonds is 15. The zero-order chi connectivity index (χ0) is 48.6. The molecule has 12 heteroatoms. The first-order valence-corrected chi connectivity index (χ1v) is 25.6. The zero-order valence-corrected chi connectivity index (χ0v) is 40.4. The molecule has 0 amide bonds. The van der Waals surface area contributed by atoms with Crippen molar-refractivity contribution in [2.75, 3.05) is 11.9 Å². The van der Waals surface area contributed by atoms with Crippen LogP contribution in [0.15, 0.2) is 269 Å². The van der Waals surface area contributed by atoms with Gasteiger partial charge in [0.05, 0.1) is 44.3 Å². The molecule has 0 aliphatic carbocycles. The van der Waals surface area contributed by atoms with E-state index in [0.717, 1.165) is 61.3 Å². The van der Waals surface area contributed by atoms with Gasteiger partial charge in [0.2, 0.25) is 22.7 Å². The van der Waals surface area contributed by atoms with Crippen molar-refractivity contribution in [2.24, 2.45) is 4.99 Å². The second-order valence-corrected chi connectivity index (χ2v) is 19.5. The van der Waals surface area contributed by atoms with E-state index >= 15 is 0 Å². The molecule has 2 unspecified atom stereocenters. The normalized spacial score (nSPS) is 14.8. The molecule has 348 valence electrons. The molecule has 11 rings (SSSR count). The molecule has 0 radical (unpaired) electrons. The summed E-state index contributed by atoms with van der Waals surface area (Å²) in [6.45, 7) is 0.538. The van der Waals surface area contributed by atoms with Crippen molar-refractivity contribution in [1.82, 2.24) is 0 Å². The smallest absolute Gasteiger partial charge is 0.214 e. The molecule has 0 spiro atoms. The summed E-state index contributed by atoms with van der Waals surface area (Å²) >= 11 is 0. The highest BCUT2D eigenvalue weighted by molar-refractivity contribution is 7.93. The quantitative estimate of drug-likeness (QED) is 0.0816. The fourth-order valence-corrected chi connectivity index (χ4v) is 9.81. The molecule has 4 aromatic heterocycles. The van der Waals surface area contributed by atoms with Crippen LogP contribution in [-0.4, -0.2) is 21.2 Å². The third-order valence-corrected chi connectivity index (χ3v) is 14.3. The molecular weight excluding hydrogens is 933 g/mol. The van der Waals surface area contributed by atoms with Crippen molar-refractivity contribution in [1.29, 1.82) is 0 Å². The van der Waals surface area contributed by atoms with Gasteiger partial charge >= 0.3 is 0 Å². The van der Waals surface area contributed by atoms with Gasteiger partial charge in [-0.3, -0.25) is 4.99 Å². The number of pyridine rings is 4. The number of aliphatic imine (C=N–C) groups is 1. The van der Waals surface area contributed by atoms with Crippen molar-refractivity contribution < 1.29 is 36.2 Å². The van der Waals surface area contributed by atoms with E-state index in [1.54, 1.807) is 23.1 Å². The molecular formula is C60H46N6O4S2+4. The minimum Gasteiger partial charge on any atom is -0.457 e. The van der Waals surface area contributed by atoms with Crippen molar-refractivity contribution in [3.05, 3.63) is 264 Å². The van der Waals surface area contributed by atoms with E-state index in [4.69, 9.17) is 9.47 Å². The Labute approximate surface area is 422 Å². The summed E-state index contributed by atoms with van der Waals surface area (Å²) in [5.74, 6) is 2.72. The first kappa shape index (κ1) is 45.5. The summed E-state index contributed by atoms with van der Waals surface area (Å²) in [6, 6.07) is 56.6. The maximum absolute atomic E-state index is 12.1. The summed E-state index contributed by atoms with van der Waals surface area (Å²) in [7, 11) is -2.17. The first-order valence-electron chi connectivity index (χ1n) is 23.2. The van der Waals surface area contributed by atoms with Gasteiger partial charge in [-0.15, -0.1) is 0 Å². The predicted molar refractivity (Wildman–Crippen MR) is 284 cm³/mol. The van der Waals surface area contributed by atoms with E-state index in [-0.39, 0.29) is 0 Å². The molecule has 2 atom stereocenters. The highest BCUT2D eigenvalue weighted by Gasteiger charge is 2.16. The third kappa shape index (κ3) is 10.8. The number of hydrogen-bond acceptors (Lipinski definition) is 6. The highest BCUT2D eigenvalue weighted by atomic mass is 32.2. The van der Waals surface area contributed by atoms with E-state index in [2.05, 4.69) is 132 Å². The van der Waals surface area contributed by atoms with Crippen LogP contribution in [0, 0.1) is 0 Å². The minimum absolute atomic E-state index is 0.538. The molecule has 0 saturated carbocycles.